The second-order valence-electron chi connectivity index (χ2n) is 5.73. The molecule has 114 valence electrons. The third kappa shape index (κ3) is 2.72. The van der Waals surface area contributed by atoms with Crippen LogP contribution in [-0.4, -0.2) is 25.8 Å². The Kier molecular flexibility index (Phi) is 3.89. The molecule has 3 rings (SSSR count). The highest BCUT2D eigenvalue weighted by Gasteiger charge is 2.35. The van der Waals surface area contributed by atoms with E-state index in [1.54, 1.807) is 12.1 Å². The summed E-state index contributed by atoms with van der Waals surface area (Å²) in [6.07, 6.45) is 0. The van der Waals surface area contributed by atoms with Crippen molar-refractivity contribution in [2.75, 3.05) is 13.1 Å². The maximum absolute atomic E-state index is 12.8. The molecule has 1 heterocycles. The standard InChI is InChI=1S/C18H19NO2S/c1-14-8-10-17(11-9-14)22(20,21)19-12-15(2)18(13-19)16-6-4-3-5-7-16/h3-11,18H,2,12-13H2,1H3. The van der Waals surface area contributed by atoms with E-state index in [2.05, 4.69) is 6.58 Å². The molecule has 4 heteroatoms. The summed E-state index contributed by atoms with van der Waals surface area (Å²) in [5.41, 5.74) is 3.11. The van der Waals surface area contributed by atoms with E-state index in [-0.39, 0.29) is 5.92 Å². The molecular weight excluding hydrogens is 294 g/mol. The zero-order valence-corrected chi connectivity index (χ0v) is 13.4. The number of hydrogen-bond acceptors (Lipinski definition) is 2. The molecule has 0 radical (unpaired) electrons. The summed E-state index contributed by atoms with van der Waals surface area (Å²) in [5, 5.41) is 0. The number of rotatable bonds is 3. The largest absolute Gasteiger partial charge is 0.243 e. The van der Waals surface area contributed by atoms with Crippen LogP contribution in [0.5, 0.6) is 0 Å². The van der Waals surface area contributed by atoms with Crippen LogP contribution in [0.4, 0.5) is 0 Å². The molecule has 1 aliphatic rings. The third-order valence-corrected chi connectivity index (χ3v) is 5.95. The fourth-order valence-corrected chi connectivity index (χ4v) is 4.26. The lowest BCUT2D eigenvalue weighted by atomic mass is 9.95. The lowest BCUT2D eigenvalue weighted by Gasteiger charge is -2.16. The normalized spacial score (nSPS) is 19.5. The fraction of sp³-hybridized carbons (Fsp3) is 0.222. The quantitative estimate of drug-likeness (QED) is 0.815. The van der Waals surface area contributed by atoms with Crippen molar-refractivity contribution in [1.82, 2.24) is 4.31 Å². The van der Waals surface area contributed by atoms with Gasteiger partial charge in [0.2, 0.25) is 10.0 Å². The molecule has 0 spiro atoms. The summed E-state index contributed by atoms with van der Waals surface area (Å²) in [4.78, 5) is 0.347. The zero-order chi connectivity index (χ0) is 15.7. The predicted octanol–water partition coefficient (Wildman–Crippen LogP) is 3.34. The molecule has 2 aromatic carbocycles. The first-order valence-electron chi connectivity index (χ1n) is 7.28. The average molecular weight is 313 g/mol. The van der Waals surface area contributed by atoms with Crippen LogP contribution in [0.3, 0.4) is 0 Å². The smallest absolute Gasteiger partial charge is 0.207 e. The third-order valence-electron chi connectivity index (χ3n) is 4.12. The molecule has 0 amide bonds. The molecule has 2 aromatic rings. The van der Waals surface area contributed by atoms with Crippen LogP contribution >= 0.6 is 0 Å². The molecule has 0 aliphatic carbocycles. The lowest BCUT2D eigenvalue weighted by molar-refractivity contribution is 0.474. The molecule has 3 nitrogen and oxygen atoms in total. The van der Waals surface area contributed by atoms with Crippen molar-refractivity contribution >= 4 is 10.0 Å². The summed E-state index contributed by atoms with van der Waals surface area (Å²) in [7, 11) is -3.46. The van der Waals surface area contributed by atoms with Gasteiger partial charge in [-0.15, -0.1) is 0 Å². The fourth-order valence-electron chi connectivity index (χ4n) is 2.80. The van der Waals surface area contributed by atoms with Crippen LogP contribution in [-0.2, 0) is 10.0 Å². The summed E-state index contributed by atoms with van der Waals surface area (Å²) in [5.74, 6) is 0.0708. The van der Waals surface area contributed by atoms with Gasteiger partial charge in [0.15, 0.2) is 0 Å². The van der Waals surface area contributed by atoms with Crippen molar-refractivity contribution in [2.45, 2.75) is 17.7 Å². The molecule has 0 aromatic heterocycles. The molecule has 1 fully saturated rings. The van der Waals surface area contributed by atoms with Crippen molar-refractivity contribution in [2.24, 2.45) is 0 Å². The Morgan fingerprint density at radius 2 is 1.68 bits per heavy atom. The van der Waals surface area contributed by atoms with E-state index in [0.717, 1.165) is 16.7 Å². The molecule has 1 unspecified atom stereocenters. The van der Waals surface area contributed by atoms with E-state index in [4.69, 9.17) is 0 Å². The second kappa shape index (κ2) is 5.71. The number of sulfonamides is 1. The van der Waals surface area contributed by atoms with Gasteiger partial charge < -0.3 is 0 Å². The van der Waals surface area contributed by atoms with Crippen molar-refractivity contribution in [3.63, 3.8) is 0 Å². The Morgan fingerprint density at radius 1 is 1.05 bits per heavy atom. The zero-order valence-electron chi connectivity index (χ0n) is 12.6. The molecule has 1 aliphatic heterocycles. The van der Waals surface area contributed by atoms with Gasteiger partial charge in [0.25, 0.3) is 0 Å². The van der Waals surface area contributed by atoms with E-state index < -0.39 is 10.0 Å². The first-order valence-corrected chi connectivity index (χ1v) is 8.72. The number of aryl methyl sites for hydroxylation is 1. The number of nitrogens with zero attached hydrogens (tertiary/aromatic N) is 1. The van der Waals surface area contributed by atoms with Crippen LogP contribution in [0, 0.1) is 6.92 Å². The van der Waals surface area contributed by atoms with Gasteiger partial charge in [-0.25, -0.2) is 8.42 Å². The first kappa shape index (κ1) is 15.0. The lowest BCUT2D eigenvalue weighted by Crippen LogP contribution is -2.28. The average Bonchev–Trinajstić information content (AvgIpc) is 2.91. The Hall–Kier alpha value is -1.91. The highest BCUT2D eigenvalue weighted by molar-refractivity contribution is 7.89. The van der Waals surface area contributed by atoms with Gasteiger partial charge in [0.1, 0.15) is 0 Å². The van der Waals surface area contributed by atoms with Gasteiger partial charge >= 0.3 is 0 Å². The molecule has 22 heavy (non-hydrogen) atoms. The Balaban J connectivity index is 1.88. The van der Waals surface area contributed by atoms with Crippen molar-refractivity contribution in [3.8, 4) is 0 Å². The topological polar surface area (TPSA) is 37.4 Å². The van der Waals surface area contributed by atoms with Gasteiger partial charge in [-0.05, 0) is 24.6 Å². The molecule has 1 atom stereocenters. The number of benzene rings is 2. The van der Waals surface area contributed by atoms with Crippen LogP contribution in [0.2, 0.25) is 0 Å². The minimum atomic E-state index is -3.46. The van der Waals surface area contributed by atoms with Crippen LogP contribution in [0.1, 0.15) is 17.0 Å². The summed E-state index contributed by atoms with van der Waals surface area (Å²) >= 11 is 0. The summed E-state index contributed by atoms with van der Waals surface area (Å²) in [6, 6.07) is 16.9. The highest BCUT2D eigenvalue weighted by Crippen LogP contribution is 2.34. The minimum absolute atomic E-state index is 0.0708. The van der Waals surface area contributed by atoms with Crippen LogP contribution in [0.25, 0.3) is 0 Å². The van der Waals surface area contributed by atoms with Gasteiger partial charge in [-0.3, -0.25) is 0 Å². The number of hydrogen-bond donors (Lipinski definition) is 0. The van der Waals surface area contributed by atoms with Gasteiger partial charge in [0, 0.05) is 19.0 Å². The Bertz CT molecular complexity index is 780. The van der Waals surface area contributed by atoms with Crippen molar-refractivity contribution < 1.29 is 8.42 Å². The minimum Gasteiger partial charge on any atom is -0.207 e. The van der Waals surface area contributed by atoms with Gasteiger partial charge in [-0.2, -0.15) is 4.31 Å². The van der Waals surface area contributed by atoms with E-state index in [1.165, 1.54) is 4.31 Å². The second-order valence-corrected chi connectivity index (χ2v) is 7.67. The van der Waals surface area contributed by atoms with E-state index in [1.807, 2.05) is 49.4 Å². The molecule has 1 saturated heterocycles. The summed E-state index contributed by atoms with van der Waals surface area (Å²) in [6.45, 7) is 6.86. The van der Waals surface area contributed by atoms with Crippen LogP contribution in [0.15, 0.2) is 71.6 Å². The SMILES string of the molecule is C=C1CN(S(=O)(=O)c2ccc(C)cc2)CC1c1ccccc1. The maximum atomic E-state index is 12.8. The van der Waals surface area contributed by atoms with Gasteiger partial charge in [-0.1, -0.05) is 60.2 Å². The van der Waals surface area contributed by atoms with Gasteiger partial charge in [0.05, 0.1) is 4.90 Å². The van der Waals surface area contributed by atoms with E-state index >= 15 is 0 Å². The van der Waals surface area contributed by atoms with E-state index in [9.17, 15) is 8.42 Å². The van der Waals surface area contributed by atoms with Crippen LogP contribution < -0.4 is 0 Å². The molecule has 0 saturated carbocycles. The Labute approximate surface area is 132 Å². The summed E-state index contributed by atoms with van der Waals surface area (Å²) < 4.78 is 27.0. The van der Waals surface area contributed by atoms with E-state index in [0.29, 0.717) is 18.0 Å². The Morgan fingerprint density at radius 3 is 2.32 bits per heavy atom. The van der Waals surface area contributed by atoms with Crippen molar-refractivity contribution in [3.05, 3.63) is 77.9 Å². The molecular formula is C18H19NO2S. The first-order chi connectivity index (χ1) is 10.5. The molecule has 0 bridgehead atoms. The monoisotopic (exact) mass is 313 g/mol. The van der Waals surface area contributed by atoms with Crippen molar-refractivity contribution in [1.29, 1.82) is 0 Å². The maximum Gasteiger partial charge on any atom is 0.243 e. The highest BCUT2D eigenvalue weighted by atomic mass is 32.2. The molecule has 0 N–H and O–H groups in total. The predicted molar refractivity (Wildman–Crippen MR) is 88.3 cm³/mol.